The molecule has 0 heterocycles. The highest BCUT2D eigenvalue weighted by molar-refractivity contribution is 8.59. The van der Waals surface area contributed by atoms with Crippen LogP contribution >= 0.6 is 17.9 Å². The van der Waals surface area contributed by atoms with Crippen molar-refractivity contribution in [3.8, 4) is 0 Å². The topological polar surface area (TPSA) is 104 Å². The van der Waals surface area contributed by atoms with E-state index in [9.17, 15) is 0 Å². The molecule has 0 saturated carbocycles. The fourth-order valence-corrected chi connectivity index (χ4v) is 0. The summed E-state index contributed by atoms with van der Waals surface area (Å²) in [7, 11) is 0. The minimum atomic E-state index is -3.11. The second-order valence-electron chi connectivity index (χ2n) is 0.852. The van der Waals surface area contributed by atoms with E-state index >= 15 is 0 Å². The van der Waals surface area contributed by atoms with Crippen molar-refractivity contribution in [3.05, 3.63) is 0 Å². The lowest BCUT2D eigenvalue weighted by molar-refractivity contribution is 0.205. The van der Waals surface area contributed by atoms with Gasteiger partial charge in [0.25, 0.3) is 0 Å². The van der Waals surface area contributed by atoms with E-state index in [1.54, 1.807) is 0 Å². The number of rotatable bonds is 0. The van der Waals surface area contributed by atoms with Gasteiger partial charge in [-0.05, 0) is 11.8 Å². The molecule has 0 aliphatic carbocycles. The molecule has 0 unspecified atom stereocenters. The van der Waals surface area contributed by atoms with Crippen LogP contribution in [-0.4, -0.2) is 21.0 Å². The Morgan fingerprint density at radius 1 is 1.67 bits per heavy atom. The van der Waals surface area contributed by atoms with Gasteiger partial charge in [0, 0.05) is 0 Å². The molecule has 0 aromatic carbocycles. The Morgan fingerprint density at radius 2 is 1.67 bits per heavy atom. The third kappa shape index (κ3) is 8690. The summed E-state index contributed by atoms with van der Waals surface area (Å²) in [5.41, 5.74) is 0.917. The van der Waals surface area contributed by atoms with Crippen LogP contribution in [-0.2, 0) is 11.8 Å². The van der Waals surface area contributed by atoms with Gasteiger partial charge in [0.1, 0.15) is 0 Å². The molecule has 0 aliphatic rings. The molecule has 5 N–H and O–H groups in total. The average Bonchev–Trinajstić information content (AvgIpc) is 1.19. The number of carboxylic acid groups (broad SMARTS) is 1. The first kappa shape index (κ1) is 11.9. The fraction of sp³-hybridized carbons (Fsp3) is 0. The lowest BCUT2D eigenvalue weighted by Gasteiger charge is -1.88. The molecule has 0 aromatic rings. The van der Waals surface area contributed by atoms with E-state index in [4.69, 9.17) is 19.7 Å². The van der Waals surface area contributed by atoms with E-state index in [1.165, 1.54) is 0 Å². The van der Waals surface area contributed by atoms with Crippen LogP contribution in [0.2, 0.25) is 0 Å². The second kappa shape index (κ2) is 5.01. The molecule has 0 atom stereocenters. The van der Waals surface area contributed by atoms with Crippen LogP contribution in [0.25, 0.3) is 0 Å². The van der Waals surface area contributed by atoms with Crippen LogP contribution in [0.4, 0.5) is 4.79 Å². The van der Waals surface area contributed by atoms with Gasteiger partial charge < -0.3 is 20.6 Å². The van der Waals surface area contributed by atoms with E-state index in [0.29, 0.717) is 0 Å². The molecular weight excluding hydrogens is 185 g/mol. The predicted octanol–water partition coefficient (Wildman–Crippen LogP) is -0.252. The summed E-state index contributed by atoms with van der Waals surface area (Å²) in [6, 6.07) is 0. The molecule has 0 saturated heterocycles. The number of thiol groups is 1. The van der Waals surface area contributed by atoms with Gasteiger partial charge in [-0.25, -0.2) is 4.79 Å². The van der Waals surface area contributed by atoms with Crippen LogP contribution in [0.3, 0.4) is 0 Å². The van der Waals surface area contributed by atoms with Gasteiger partial charge >= 0.3 is 6.09 Å². The third-order valence-corrected chi connectivity index (χ3v) is 0. The number of primary amides is 1. The zero-order valence-electron chi connectivity index (χ0n) is 4.13. The molecule has 0 aromatic heterocycles. The van der Waals surface area contributed by atoms with Gasteiger partial charge in [-0.3, -0.25) is 0 Å². The molecule has 0 radical (unpaired) electrons. The zero-order chi connectivity index (χ0) is 8.08. The normalized spacial score (nSPS) is 9.22. The van der Waals surface area contributed by atoms with Gasteiger partial charge in [0.15, 0.2) is 0 Å². The molecule has 56 valence electrons. The van der Waals surface area contributed by atoms with Gasteiger partial charge in [-0.15, -0.1) is 0 Å². The molecule has 8 heteroatoms. The maximum atomic E-state index is 8.78. The van der Waals surface area contributed by atoms with E-state index in [2.05, 4.69) is 29.8 Å². The summed E-state index contributed by atoms with van der Waals surface area (Å²) in [6.45, 7) is 0. The highest BCUT2D eigenvalue weighted by Crippen LogP contribution is 2.39. The minimum absolute atomic E-state index is 1.33. The summed E-state index contributed by atoms with van der Waals surface area (Å²) in [4.78, 5) is 24.5. The quantitative estimate of drug-likeness (QED) is 0.268. The largest absolute Gasteiger partial charge is 0.465 e. The van der Waals surface area contributed by atoms with Crippen LogP contribution in [0.1, 0.15) is 0 Å². The molecule has 0 fully saturated rings. The highest BCUT2D eigenvalue weighted by atomic mass is 32.9. The summed E-state index contributed by atoms with van der Waals surface area (Å²) in [5, 5.41) is 7.19. The standard InChI is InChI=1S/CH3NO2.H3O2PS2/c2-1(3)4;1-3(2,4)5/h2H2,(H,3,4);(H3,1,2,4,5). The first-order valence-electron chi connectivity index (χ1n) is 1.50. The minimum Gasteiger partial charge on any atom is -0.465 e. The smallest absolute Gasteiger partial charge is 0.402 e. The summed E-state index contributed by atoms with van der Waals surface area (Å²) >= 11 is 7.07. The fourth-order valence-electron chi connectivity index (χ4n) is 0. The molecule has 0 rings (SSSR count). The maximum absolute atomic E-state index is 8.78. The Bertz CT molecular complexity index is 118. The SMILES string of the molecule is NC(=O)O.OP(O)(=S)S. The first-order valence-corrected chi connectivity index (χ1v) is 5.36. The van der Waals surface area contributed by atoms with E-state index in [0.717, 1.165) is 0 Å². The molecule has 0 spiro atoms. The Morgan fingerprint density at radius 3 is 1.67 bits per heavy atom. The van der Waals surface area contributed by atoms with Gasteiger partial charge in [0.2, 0.25) is 5.69 Å². The predicted molar refractivity (Wildman–Crippen MR) is 39.9 cm³/mol. The molecule has 1 amide bonds. The van der Waals surface area contributed by atoms with E-state index in [-0.39, 0.29) is 0 Å². The van der Waals surface area contributed by atoms with Crippen molar-refractivity contribution in [1.82, 2.24) is 0 Å². The zero-order valence-corrected chi connectivity index (χ0v) is 6.74. The van der Waals surface area contributed by atoms with Crippen LogP contribution in [0, 0.1) is 0 Å². The van der Waals surface area contributed by atoms with Gasteiger partial charge in [-0.2, -0.15) is 0 Å². The number of nitrogens with two attached hydrogens (primary N) is 1. The number of hydrogen-bond donors (Lipinski definition) is 5. The van der Waals surface area contributed by atoms with Crippen molar-refractivity contribution in [1.29, 1.82) is 0 Å². The maximum Gasteiger partial charge on any atom is 0.402 e. The Balaban J connectivity index is 0. The monoisotopic (exact) mass is 191 g/mol. The van der Waals surface area contributed by atoms with Gasteiger partial charge in [-0.1, -0.05) is 12.2 Å². The Hall–Kier alpha value is 0.190. The number of carbonyl (C=O) groups is 1. The number of hydrogen-bond acceptors (Lipinski definition) is 2. The average molecular weight is 191 g/mol. The van der Waals surface area contributed by atoms with Crippen molar-refractivity contribution >= 4 is 35.8 Å². The molecule has 5 nitrogen and oxygen atoms in total. The summed E-state index contributed by atoms with van der Waals surface area (Å²) < 4.78 is 0. The van der Waals surface area contributed by atoms with Crippen LogP contribution < -0.4 is 5.73 Å². The van der Waals surface area contributed by atoms with Crippen LogP contribution in [0.15, 0.2) is 0 Å². The Kier molecular flexibility index (Phi) is 6.64. The van der Waals surface area contributed by atoms with Crippen molar-refractivity contribution in [2.24, 2.45) is 5.73 Å². The van der Waals surface area contributed by atoms with Crippen molar-refractivity contribution in [2.75, 3.05) is 0 Å². The van der Waals surface area contributed by atoms with Crippen molar-refractivity contribution in [3.63, 3.8) is 0 Å². The lowest BCUT2D eigenvalue weighted by Crippen LogP contribution is -2.03. The molecule has 9 heavy (non-hydrogen) atoms. The number of amides is 1. The van der Waals surface area contributed by atoms with Crippen LogP contribution in [0.5, 0.6) is 0 Å². The third-order valence-electron chi connectivity index (χ3n) is 0. The molecule has 0 bridgehead atoms. The van der Waals surface area contributed by atoms with Gasteiger partial charge in [0.05, 0.1) is 0 Å². The molecular formula is CH6NO4PS2. The van der Waals surface area contributed by atoms with Crippen molar-refractivity contribution < 1.29 is 19.7 Å². The first-order chi connectivity index (χ1) is 3.73. The van der Waals surface area contributed by atoms with Crippen molar-refractivity contribution in [2.45, 2.75) is 0 Å². The molecule has 0 aliphatic heterocycles. The van der Waals surface area contributed by atoms with E-state index < -0.39 is 11.8 Å². The lowest BCUT2D eigenvalue weighted by atomic mass is 11.3. The second-order valence-corrected chi connectivity index (χ2v) is 5.89. The van der Waals surface area contributed by atoms with E-state index in [1.807, 2.05) is 0 Å². The highest BCUT2D eigenvalue weighted by Gasteiger charge is 1.90. The summed E-state index contributed by atoms with van der Waals surface area (Å²) in [5.74, 6) is 0. The summed E-state index contributed by atoms with van der Waals surface area (Å²) in [6.07, 6.45) is -1.33. The Labute approximate surface area is 61.8 Å².